The molecule has 1 fully saturated rings. The zero-order valence-electron chi connectivity index (χ0n) is 25.8. The van der Waals surface area contributed by atoms with Gasteiger partial charge in [0.25, 0.3) is 5.88 Å². The van der Waals surface area contributed by atoms with Crippen LogP contribution in [0.25, 0.3) is 10.4 Å². The van der Waals surface area contributed by atoms with Crippen molar-refractivity contribution in [3.8, 4) is 16.3 Å². The minimum atomic E-state index is -0.833. The Morgan fingerprint density at radius 2 is 1.91 bits per heavy atom. The van der Waals surface area contributed by atoms with Crippen molar-refractivity contribution in [2.45, 2.75) is 64.6 Å². The molecule has 14 heteroatoms. The number of β-amino-alcohol motifs (C(OH)–C–C–N with tert-alkyl or cyclic N) is 1. The van der Waals surface area contributed by atoms with Gasteiger partial charge in [-0.25, -0.2) is 9.78 Å². The number of aliphatic hydroxyl groups is 1. The highest BCUT2D eigenvalue weighted by molar-refractivity contribution is 7.13. The number of nitrogens with two attached hydrogens (primary N) is 1. The van der Waals surface area contributed by atoms with Gasteiger partial charge in [0.2, 0.25) is 11.8 Å². The standard InChI is InChI=1S/C31H41N5O8S/c1-19(2)27(25-15-26(35-44-25)42-11-5-4-10-41-12-13-43-31(32)40)30(39)36-17-23(37)14-24(36)29(38)33-16-21-6-8-22(9-7-21)28-20(3)34-18-45-28/h6-9,15,18-19,23-24,27,37H,4-5,10-14,16-17H2,1-3H3,(H2,32,40)(H,33,38)/t23-,24+,27+/m1/s1. The number of hydrogen-bond acceptors (Lipinski definition) is 11. The molecule has 13 nitrogen and oxygen atoms in total. The van der Waals surface area contributed by atoms with Crippen molar-refractivity contribution in [2.75, 3.05) is 33.0 Å². The first-order chi connectivity index (χ1) is 21.6. The molecule has 45 heavy (non-hydrogen) atoms. The van der Waals surface area contributed by atoms with E-state index in [1.165, 1.54) is 4.90 Å². The number of thiazole rings is 1. The number of hydrogen-bond donors (Lipinski definition) is 3. The predicted molar refractivity (Wildman–Crippen MR) is 165 cm³/mol. The number of nitrogens with zero attached hydrogens (tertiary/aromatic N) is 3. The van der Waals surface area contributed by atoms with Gasteiger partial charge < -0.3 is 39.8 Å². The summed E-state index contributed by atoms with van der Waals surface area (Å²) in [4.78, 5) is 44.5. The molecule has 0 spiro atoms. The van der Waals surface area contributed by atoms with E-state index in [1.54, 1.807) is 17.4 Å². The van der Waals surface area contributed by atoms with E-state index in [1.807, 2.05) is 50.5 Å². The Hall–Kier alpha value is -4.01. The highest BCUT2D eigenvalue weighted by atomic mass is 32.1. The van der Waals surface area contributed by atoms with Crippen molar-refractivity contribution >= 4 is 29.2 Å². The summed E-state index contributed by atoms with van der Waals surface area (Å²) in [7, 11) is 0. The molecule has 0 aliphatic carbocycles. The molecule has 3 aromatic rings. The van der Waals surface area contributed by atoms with Gasteiger partial charge in [-0.15, -0.1) is 11.3 Å². The Morgan fingerprint density at radius 1 is 1.16 bits per heavy atom. The van der Waals surface area contributed by atoms with E-state index in [0.717, 1.165) is 21.7 Å². The van der Waals surface area contributed by atoms with Crippen molar-refractivity contribution in [2.24, 2.45) is 11.7 Å². The van der Waals surface area contributed by atoms with Gasteiger partial charge in [0.05, 0.1) is 35.4 Å². The fourth-order valence-corrected chi connectivity index (χ4v) is 5.96. The molecule has 0 radical (unpaired) electrons. The molecule has 0 saturated carbocycles. The molecule has 3 amide bonds. The maximum Gasteiger partial charge on any atom is 0.404 e. The van der Waals surface area contributed by atoms with Crippen LogP contribution in [0, 0.1) is 12.8 Å². The molecule has 1 aromatic carbocycles. The largest absolute Gasteiger partial charge is 0.476 e. The molecule has 3 heterocycles. The van der Waals surface area contributed by atoms with Crippen LogP contribution in [0.15, 0.2) is 40.4 Å². The van der Waals surface area contributed by atoms with Crippen LogP contribution in [0.4, 0.5) is 4.79 Å². The lowest BCUT2D eigenvalue weighted by atomic mass is 9.91. The van der Waals surface area contributed by atoms with Gasteiger partial charge in [0.15, 0.2) is 5.76 Å². The summed E-state index contributed by atoms with van der Waals surface area (Å²) < 4.78 is 21.1. The first-order valence-electron chi connectivity index (χ1n) is 15.0. The molecule has 3 atom stereocenters. The number of carbonyl (C=O) groups excluding carboxylic acids is 3. The Balaban J connectivity index is 1.28. The monoisotopic (exact) mass is 643 g/mol. The predicted octanol–water partition coefficient (Wildman–Crippen LogP) is 3.40. The van der Waals surface area contributed by atoms with Gasteiger partial charge in [0, 0.05) is 32.2 Å². The number of carbonyl (C=O) groups is 3. The smallest absolute Gasteiger partial charge is 0.404 e. The fourth-order valence-electron chi connectivity index (χ4n) is 5.15. The minimum absolute atomic E-state index is 0.0528. The highest BCUT2D eigenvalue weighted by Gasteiger charge is 2.43. The van der Waals surface area contributed by atoms with Crippen LogP contribution in [0.2, 0.25) is 0 Å². The zero-order chi connectivity index (χ0) is 32.3. The highest BCUT2D eigenvalue weighted by Crippen LogP contribution is 2.32. The van der Waals surface area contributed by atoms with Gasteiger partial charge >= 0.3 is 6.09 Å². The summed E-state index contributed by atoms with van der Waals surface area (Å²) >= 11 is 1.58. The summed E-state index contributed by atoms with van der Waals surface area (Å²) in [5.41, 5.74) is 9.67. The van der Waals surface area contributed by atoms with E-state index in [2.05, 4.69) is 20.2 Å². The summed E-state index contributed by atoms with van der Waals surface area (Å²) in [6.07, 6.45) is -0.0947. The number of ether oxygens (including phenoxy) is 3. The van der Waals surface area contributed by atoms with E-state index in [-0.39, 0.29) is 49.8 Å². The first kappa shape index (κ1) is 33.9. The molecule has 0 bridgehead atoms. The lowest BCUT2D eigenvalue weighted by molar-refractivity contribution is -0.141. The van der Waals surface area contributed by atoms with E-state index in [4.69, 9.17) is 19.7 Å². The number of rotatable bonds is 16. The van der Waals surface area contributed by atoms with E-state index >= 15 is 0 Å². The topological polar surface area (TPSA) is 179 Å². The lowest BCUT2D eigenvalue weighted by Crippen LogP contribution is -2.48. The second-order valence-electron chi connectivity index (χ2n) is 11.2. The quantitative estimate of drug-likeness (QED) is 0.196. The summed E-state index contributed by atoms with van der Waals surface area (Å²) in [5.74, 6) is -0.932. The molecule has 4 rings (SSSR count). The van der Waals surface area contributed by atoms with Crippen LogP contribution < -0.4 is 15.8 Å². The average molecular weight is 644 g/mol. The molecular formula is C31H41N5O8S. The van der Waals surface area contributed by atoms with Crippen LogP contribution in [0.5, 0.6) is 5.88 Å². The number of benzene rings is 1. The third-order valence-electron chi connectivity index (χ3n) is 7.44. The van der Waals surface area contributed by atoms with Gasteiger partial charge in [-0.1, -0.05) is 38.1 Å². The molecule has 1 saturated heterocycles. The van der Waals surface area contributed by atoms with Gasteiger partial charge in [-0.3, -0.25) is 9.59 Å². The van der Waals surface area contributed by atoms with Crippen LogP contribution in [0.1, 0.15) is 56.0 Å². The molecule has 4 N–H and O–H groups in total. The summed E-state index contributed by atoms with van der Waals surface area (Å²) in [6, 6.07) is 8.70. The number of aromatic nitrogens is 2. The number of amides is 3. The van der Waals surface area contributed by atoms with Crippen LogP contribution in [0.3, 0.4) is 0 Å². The maximum atomic E-state index is 13.8. The van der Waals surface area contributed by atoms with Crippen molar-refractivity contribution < 1.29 is 38.2 Å². The second kappa shape index (κ2) is 16.3. The average Bonchev–Trinajstić information content (AvgIpc) is 3.75. The third-order valence-corrected chi connectivity index (χ3v) is 8.42. The summed E-state index contributed by atoms with van der Waals surface area (Å²) in [5, 5.41) is 17.4. The third kappa shape index (κ3) is 9.49. The van der Waals surface area contributed by atoms with Crippen molar-refractivity contribution in [1.82, 2.24) is 20.4 Å². The van der Waals surface area contributed by atoms with Crippen LogP contribution in [-0.4, -0.2) is 83.2 Å². The van der Waals surface area contributed by atoms with Gasteiger partial charge in [-0.05, 0) is 42.0 Å². The molecule has 0 unspecified atom stereocenters. The second-order valence-corrected chi connectivity index (χ2v) is 12.1. The number of unbranched alkanes of at least 4 members (excludes halogenated alkanes) is 1. The number of nitrogens with one attached hydrogen (secondary N) is 1. The van der Waals surface area contributed by atoms with Crippen molar-refractivity contribution in [3.63, 3.8) is 0 Å². The number of aryl methyl sites for hydroxylation is 1. The van der Waals surface area contributed by atoms with Crippen molar-refractivity contribution in [1.29, 1.82) is 0 Å². The van der Waals surface area contributed by atoms with Crippen molar-refractivity contribution in [3.05, 3.63) is 52.9 Å². The first-order valence-corrected chi connectivity index (χ1v) is 15.9. The number of aliphatic hydroxyl groups excluding tert-OH is 1. The van der Waals surface area contributed by atoms with E-state index in [0.29, 0.717) is 38.4 Å². The minimum Gasteiger partial charge on any atom is -0.476 e. The Labute approximate surface area is 266 Å². The van der Waals surface area contributed by atoms with Gasteiger partial charge in [-0.2, -0.15) is 0 Å². The van der Waals surface area contributed by atoms with E-state index < -0.39 is 24.2 Å². The van der Waals surface area contributed by atoms with Gasteiger partial charge in [0.1, 0.15) is 18.6 Å². The zero-order valence-corrected chi connectivity index (χ0v) is 26.6. The SMILES string of the molecule is Cc1ncsc1-c1ccc(CNC(=O)[C@@H]2C[C@@H](O)CN2C(=O)[C@H](c2cc(OCCCCOCCOC(N)=O)no2)C(C)C)cc1. The Morgan fingerprint density at radius 3 is 2.60 bits per heavy atom. The number of primary amides is 1. The fraction of sp³-hybridized carbons (Fsp3) is 0.516. The number of likely N-dealkylation sites (tertiary alicyclic amines) is 1. The Kier molecular flexibility index (Phi) is 12.3. The molecular weight excluding hydrogens is 602 g/mol. The lowest BCUT2D eigenvalue weighted by Gasteiger charge is -2.28. The normalized spacial score (nSPS) is 17.0. The Bertz CT molecular complexity index is 1410. The van der Waals surface area contributed by atoms with E-state index in [9.17, 15) is 19.5 Å². The molecule has 244 valence electrons. The summed E-state index contributed by atoms with van der Waals surface area (Å²) in [6.45, 7) is 7.29. The maximum absolute atomic E-state index is 13.8. The molecule has 2 aromatic heterocycles. The molecule has 1 aliphatic rings. The van der Waals surface area contributed by atoms with Crippen LogP contribution in [-0.2, 0) is 25.6 Å². The molecule has 1 aliphatic heterocycles. The van der Waals surface area contributed by atoms with Crippen LogP contribution >= 0.6 is 11.3 Å².